The minimum absolute atomic E-state index is 0.125. The third-order valence-corrected chi connectivity index (χ3v) is 6.57. The summed E-state index contributed by atoms with van der Waals surface area (Å²) < 4.78 is 16.2. The fraction of sp³-hybridized carbons (Fsp3) is 0.423. The maximum Gasteiger partial charge on any atom is 0.410 e. The Morgan fingerprint density at radius 1 is 1.09 bits per heavy atom. The summed E-state index contributed by atoms with van der Waals surface area (Å²) in [7, 11) is 1.58. The number of carbonyl (C=O) groups is 1. The molecule has 0 N–H and O–H groups in total. The number of fused-ring (bicyclic) bond motifs is 1. The van der Waals surface area contributed by atoms with Crippen LogP contribution >= 0.6 is 11.6 Å². The van der Waals surface area contributed by atoms with Crippen molar-refractivity contribution in [3.8, 4) is 17.0 Å². The topological polar surface area (TPSA) is 77.0 Å². The number of likely N-dealkylation sites (tertiary alicyclic amines) is 1. The molecule has 0 saturated carbocycles. The van der Waals surface area contributed by atoms with E-state index in [2.05, 4.69) is 15.1 Å². The number of anilines is 1. The number of amides is 1. The Hall–Kier alpha value is -3.10. The molecule has 5 rings (SSSR count). The highest BCUT2D eigenvalue weighted by atomic mass is 35.5. The summed E-state index contributed by atoms with van der Waals surface area (Å²) in [6.07, 6.45) is -0.240. The average Bonchev–Trinajstić information content (AvgIpc) is 2.74. The minimum Gasteiger partial charge on any atom is -0.467 e. The number of benzene rings is 2. The van der Waals surface area contributed by atoms with E-state index in [0.717, 1.165) is 35.2 Å². The number of para-hydroxylation sites is 1. The van der Waals surface area contributed by atoms with Gasteiger partial charge in [0.25, 0.3) is 0 Å². The Morgan fingerprint density at radius 3 is 2.54 bits per heavy atom. The largest absolute Gasteiger partial charge is 0.467 e. The van der Waals surface area contributed by atoms with E-state index in [9.17, 15) is 4.79 Å². The standard InChI is InChI=1S/C26H29ClN4O4/c1-25(2,3)35-24(32)31-14-26(15-31)12-30(13-26)17-9-20(27)19-11-22(29-28-21(19)10-17)18-7-5-6-8-23(18)34-16-33-4/h5-11H,12-16H2,1-4H3. The third-order valence-electron chi connectivity index (χ3n) is 6.26. The summed E-state index contributed by atoms with van der Waals surface area (Å²) in [6.45, 7) is 8.96. The van der Waals surface area contributed by atoms with Gasteiger partial charge in [0, 0.05) is 55.3 Å². The van der Waals surface area contributed by atoms with Gasteiger partial charge in [-0.05, 0) is 51.1 Å². The van der Waals surface area contributed by atoms with Gasteiger partial charge < -0.3 is 24.0 Å². The van der Waals surface area contributed by atoms with E-state index in [4.69, 9.17) is 25.8 Å². The summed E-state index contributed by atoms with van der Waals surface area (Å²) in [6, 6.07) is 13.6. The van der Waals surface area contributed by atoms with Crippen molar-refractivity contribution >= 4 is 34.3 Å². The molecule has 3 aromatic rings. The molecule has 1 spiro atoms. The van der Waals surface area contributed by atoms with Crippen LogP contribution in [0.1, 0.15) is 20.8 Å². The molecule has 2 fully saturated rings. The molecule has 0 bridgehead atoms. The summed E-state index contributed by atoms with van der Waals surface area (Å²) in [5.74, 6) is 0.669. The molecule has 2 saturated heterocycles. The summed E-state index contributed by atoms with van der Waals surface area (Å²) in [4.78, 5) is 16.3. The van der Waals surface area contributed by atoms with Crippen LogP contribution < -0.4 is 9.64 Å². The Labute approximate surface area is 209 Å². The Bertz CT molecular complexity index is 1260. The molecule has 0 aliphatic carbocycles. The summed E-state index contributed by atoms with van der Waals surface area (Å²) in [5.41, 5.74) is 2.89. The van der Waals surface area contributed by atoms with Crippen LogP contribution in [0.5, 0.6) is 5.75 Å². The molecule has 1 aromatic heterocycles. The molecular weight excluding hydrogens is 468 g/mol. The first-order valence-electron chi connectivity index (χ1n) is 11.6. The van der Waals surface area contributed by atoms with Crippen molar-refractivity contribution in [2.45, 2.75) is 26.4 Å². The van der Waals surface area contributed by atoms with Crippen LogP contribution in [0, 0.1) is 5.41 Å². The van der Waals surface area contributed by atoms with Gasteiger partial charge in [-0.15, -0.1) is 10.2 Å². The fourth-order valence-electron chi connectivity index (χ4n) is 4.69. The monoisotopic (exact) mass is 496 g/mol. The number of hydrogen-bond acceptors (Lipinski definition) is 7. The van der Waals surface area contributed by atoms with Crippen LogP contribution in [0.15, 0.2) is 42.5 Å². The fourth-order valence-corrected chi connectivity index (χ4v) is 4.96. The predicted molar refractivity (Wildman–Crippen MR) is 135 cm³/mol. The predicted octanol–water partition coefficient (Wildman–Crippen LogP) is 4.99. The van der Waals surface area contributed by atoms with Crippen LogP contribution in [-0.4, -0.2) is 66.9 Å². The molecule has 8 nitrogen and oxygen atoms in total. The second-order valence-electron chi connectivity index (χ2n) is 10.3. The van der Waals surface area contributed by atoms with Gasteiger partial charge in [0.15, 0.2) is 6.79 Å². The van der Waals surface area contributed by atoms with E-state index in [1.807, 2.05) is 63.2 Å². The van der Waals surface area contributed by atoms with E-state index in [1.54, 1.807) is 12.0 Å². The van der Waals surface area contributed by atoms with Crippen LogP contribution in [0.3, 0.4) is 0 Å². The van der Waals surface area contributed by atoms with Gasteiger partial charge in [0.1, 0.15) is 11.4 Å². The van der Waals surface area contributed by atoms with Crippen LogP contribution in [0.25, 0.3) is 22.2 Å². The smallest absolute Gasteiger partial charge is 0.410 e. The van der Waals surface area contributed by atoms with Crippen LogP contribution in [-0.2, 0) is 9.47 Å². The van der Waals surface area contributed by atoms with Gasteiger partial charge in [-0.25, -0.2) is 4.79 Å². The van der Waals surface area contributed by atoms with Gasteiger partial charge in [0.05, 0.1) is 16.2 Å². The number of carbonyl (C=O) groups excluding carboxylic acids is 1. The first-order valence-corrected chi connectivity index (χ1v) is 12.0. The summed E-state index contributed by atoms with van der Waals surface area (Å²) >= 11 is 6.70. The number of ether oxygens (including phenoxy) is 3. The van der Waals surface area contributed by atoms with E-state index in [-0.39, 0.29) is 18.3 Å². The van der Waals surface area contributed by atoms with Gasteiger partial charge in [-0.1, -0.05) is 23.7 Å². The van der Waals surface area contributed by atoms with Crippen molar-refractivity contribution in [3.63, 3.8) is 0 Å². The second-order valence-corrected chi connectivity index (χ2v) is 10.7. The van der Waals surface area contributed by atoms with Gasteiger partial charge in [0.2, 0.25) is 0 Å². The highest BCUT2D eigenvalue weighted by molar-refractivity contribution is 6.35. The van der Waals surface area contributed by atoms with E-state index in [1.165, 1.54) is 0 Å². The van der Waals surface area contributed by atoms with Crippen LogP contribution in [0.2, 0.25) is 5.02 Å². The molecule has 0 unspecified atom stereocenters. The molecule has 0 atom stereocenters. The lowest BCUT2D eigenvalue weighted by molar-refractivity contribution is -0.0452. The molecule has 2 aliphatic rings. The lowest BCUT2D eigenvalue weighted by Crippen LogP contribution is -2.73. The van der Waals surface area contributed by atoms with E-state index in [0.29, 0.717) is 29.6 Å². The molecule has 9 heteroatoms. The lowest BCUT2D eigenvalue weighted by atomic mass is 9.73. The maximum absolute atomic E-state index is 12.3. The molecule has 1 amide bonds. The van der Waals surface area contributed by atoms with Crippen molar-refractivity contribution in [2.24, 2.45) is 5.41 Å². The third kappa shape index (κ3) is 4.73. The summed E-state index contributed by atoms with van der Waals surface area (Å²) in [5, 5.41) is 10.4. The number of nitrogens with zero attached hydrogens (tertiary/aromatic N) is 4. The number of methoxy groups -OCH3 is 1. The first kappa shape index (κ1) is 23.6. The minimum atomic E-state index is -0.479. The molecular formula is C26H29ClN4O4. The molecule has 0 radical (unpaired) electrons. The van der Waals surface area contributed by atoms with Crippen molar-refractivity contribution in [3.05, 3.63) is 47.5 Å². The zero-order valence-corrected chi connectivity index (χ0v) is 21.1. The molecule has 2 aromatic carbocycles. The van der Waals surface area contributed by atoms with Crippen molar-refractivity contribution < 1.29 is 19.0 Å². The Morgan fingerprint density at radius 2 is 1.83 bits per heavy atom. The SMILES string of the molecule is COCOc1ccccc1-c1cc2c(Cl)cc(N3CC4(CN(C(=O)OC(C)(C)C)C4)C3)cc2nn1. The Kier molecular flexibility index (Phi) is 5.97. The maximum atomic E-state index is 12.3. The van der Waals surface area contributed by atoms with Crippen molar-refractivity contribution in [1.82, 2.24) is 15.1 Å². The molecule has 184 valence electrons. The van der Waals surface area contributed by atoms with Gasteiger partial charge >= 0.3 is 6.09 Å². The number of halogens is 1. The number of hydrogen-bond donors (Lipinski definition) is 0. The first-order chi connectivity index (χ1) is 16.7. The highest BCUT2D eigenvalue weighted by Gasteiger charge is 2.54. The van der Waals surface area contributed by atoms with Gasteiger partial charge in [-0.2, -0.15) is 0 Å². The average molecular weight is 497 g/mol. The molecule has 2 aliphatic heterocycles. The van der Waals surface area contributed by atoms with E-state index >= 15 is 0 Å². The molecule has 35 heavy (non-hydrogen) atoms. The van der Waals surface area contributed by atoms with Crippen molar-refractivity contribution in [1.29, 1.82) is 0 Å². The number of rotatable bonds is 5. The zero-order valence-electron chi connectivity index (χ0n) is 20.4. The normalized spacial score (nSPS) is 16.7. The Balaban J connectivity index is 1.29. The lowest BCUT2D eigenvalue weighted by Gasteiger charge is -2.60. The molecule has 3 heterocycles. The zero-order chi connectivity index (χ0) is 24.8. The van der Waals surface area contributed by atoms with Crippen molar-refractivity contribution in [2.75, 3.05) is 45.0 Å². The quantitative estimate of drug-likeness (QED) is 0.460. The second kappa shape index (κ2) is 8.84. The van der Waals surface area contributed by atoms with E-state index < -0.39 is 5.60 Å². The highest BCUT2D eigenvalue weighted by Crippen LogP contribution is 2.44. The number of aromatic nitrogens is 2. The van der Waals surface area contributed by atoms with Gasteiger partial charge in [-0.3, -0.25) is 0 Å². The van der Waals surface area contributed by atoms with Crippen LogP contribution in [0.4, 0.5) is 10.5 Å².